The van der Waals surface area contributed by atoms with E-state index in [0.717, 1.165) is 3.79 Å². The van der Waals surface area contributed by atoms with Crippen LogP contribution in [0.5, 0.6) is 0 Å². The van der Waals surface area contributed by atoms with Crippen LogP contribution < -0.4 is 15.2 Å². The summed E-state index contributed by atoms with van der Waals surface area (Å²) in [5.74, 6) is -0.601. The number of anilines is 2. The Kier molecular flexibility index (Phi) is 6.63. The summed E-state index contributed by atoms with van der Waals surface area (Å²) >= 11 is 11.1. The summed E-state index contributed by atoms with van der Waals surface area (Å²) in [6.07, 6.45) is 0.392. The summed E-state index contributed by atoms with van der Waals surface area (Å²) in [6.45, 7) is 1.38. The van der Waals surface area contributed by atoms with Gasteiger partial charge in [0.2, 0.25) is 0 Å². The third-order valence-electron chi connectivity index (χ3n) is 5.10. The molecule has 2 saturated heterocycles. The molecule has 8 nitrogen and oxygen atoms in total. The van der Waals surface area contributed by atoms with Gasteiger partial charge in [-0.3, -0.25) is 9.59 Å². The normalized spacial score (nSPS) is 22.1. The number of carbonyl (C=O) groups is 2. The fraction of sp³-hybridized carbons (Fsp3) is 0.350. The molecular weight excluding hydrogens is 510 g/mol. The van der Waals surface area contributed by atoms with E-state index in [0.29, 0.717) is 47.5 Å². The molecule has 1 atom stereocenters. The van der Waals surface area contributed by atoms with Gasteiger partial charge in [0.15, 0.2) is 0 Å². The highest BCUT2D eigenvalue weighted by Crippen LogP contribution is 2.30. The number of amides is 2. The first kappa shape index (κ1) is 22.2. The van der Waals surface area contributed by atoms with E-state index in [-0.39, 0.29) is 30.9 Å². The van der Waals surface area contributed by atoms with E-state index in [1.165, 1.54) is 11.3 Å². The number of halogens is 2. The van der Waals surface area contributed by atoms with Crippen molar-refractivity contribution in [1.82, 2.24) is 0 Å². The van der Waals surface area contributed by atoms with Crippen molar-refractivity contribution in [3.8, 4) is 0 Å². The molecule has 2 amide bonds. The molecule has 2 aliphatic heterocycles. The van der Waals surface area contributed by atoms with Crippen molar-refractivity contribution < 1.29 is 29.2 Å². The number of rotatable bonds is 5. The summed E-state index contributed by atoms with van der Waals surface area (Å²) in [5.41, 5.74) is -0.0727. The van der Waals surface area contributed by atoms with Crippen molar-refractivity contribution in [3.05, 3.63) is 44.0 Å². The molecular formula is C20H20BrClN3O5S+. The second-order valence-corrected chi connectivity index (χ2v) is 10.1. The third-order valence-corrected chi connectivity index (χ3v) is 7.04. The third kappa shape index (κ3) is 4.78. The van der Waals surface area contributed by atoms with E-state index >= 15 is 0 Å². The number of thiophene rings is 1. The van der Waals surface area contributed by atoms with Gasteiger partial charge in [0.25, 0.3) is 17.4 Å². The van der Waals surface area contributed by atoms with Gasteiger partial charge in [0, 0.05) is 18.7 Å². The molecule has 2 fully saturated rings. The second kappa shape index (κ2) is 9.25. The van der Waals surface area contributed by atoms with E-state index in [4.69, 9.17) is 21.1 Å². The maximum Gasteiger partial charge on any atom is 0.377 e. The molecule has 2 aromatic rings. The summed E-state index contributed by atoms with van der Waals surface area (Å²) < 4.78 is 11.5. The highest BCUT2D eigenvalue weighted by atomic mass is 79.9. The lowest BCUT2D eigenvalue weighted by Gasteiger charge is -2.27. The van der Waals surface area contributed by atoms with Crippen LogP contribution in [-0.2, 0) is 19.1 Å². The molecule has 1 aromatic heterocycles. The highest BCUT2D eigenvalue weighted by Gasteiger charge is 2.49. The maximum absolute atomic E-state index is 13.2. The first-order valence-corrected chi connectivity index (χ1v) is 11.5. The molecule has 0 aliphatic carbocycles. The molecule has 4 rings (SSSR count). The fourth-order valence-electron chi connectivity index (χ4n) is 3.46. The summed E-state index contributed by atoms with van der Waals surface area (Å²) in [5, 5.41) is 13.7. The fourth-order valence-corrected chi connectivity index (χ4v) is 5.02. The Labute approximate surface area is 195 Å². The SMILES string of the molecule is O=C1COCCN1c1ccc(NC(=O)C2([NH+]=C(O)c3ccc(Br)s3)CCOC2)cc1Cl. The Morgan fingerprint density at radius 3 is 2.77 bits per heavy atom. The largest absolute Gasteiger partial charge is 0.459 e. The van der Waals surface area contributed by atoms with Crippen molar-refractivity contribution in [2.75, 3.05) is 43.2 Å². The van der Waals surface area contributed by atoms with Crippen molar-refractivity contribution in [2.24, 2.45) is 0 Å². The molecule has 2 aliphatic rings. The average molecular weight is 530 g/mol. The van der Waals surface area contributed by atoms with E-state index in [1.54, 1.807) is 29.2 Å². The molecule has 3 heterocycles. The lowest BCUT2D eigenvalue weighted by molar-refractivity contribution is -0.538. The van der Waals surface area contributed by atoms with Gasteiger partial charge in [-0.1, -0.05) is 11.6 Å². The van der Waals surface area contributed by atoms with Gasteiger partial charge in [-0.25, -0.2) is 0 Å². The van der Waals surface area contributed by atoms with Crippen LogP contribution in [0, 0.1) is 0 Å². The second-order valence-electron chi connectivity index (χ2n) is 7.18. The van der Waals surface area contributed by atoms with Gasteiger partial charge in [0.1, 0.15) is 18.1 Å². The van der Waals surface area contributed by atoms with E-state index in [2.05, 4.69) is 26.2 Å². The maximum atomic E-state index is 13.2. The molecule has 1 aromatic carbocycles. The van der Waals surface area contributed by atoms with Crippen LogP contribution in [-0.4, -0.2) is 61.3 Å². The van der Waals surface area contributed by atoms with Gasteiger partial charge >= 0.3 is 5.90 Å². The number of morpholine rings is 1. The van der Waals surface area contributed by atoms with Crippen molar-refractivity contribution >= 4 is 68.0 Å². The Morgan fingerprint density at radius 2 is 2.13 bits per heavy atom. The van der Waals surface area contributed by atoms with Crippen LogP contribution in [0.25, 0.3) is 0 Å². The van der Waals surface area contributed by atoms with Crippen molar-refractivity contribution in [2.45, 2.75) is 12.0 Å². The van der Waals surface area contributed by atoms with E-state index in [1.807, 2.05) is 6.07 Å². The van der Waals surface area contributed by atoms with Crippen molar-refractivity contribution in [3.63, 3.8) is 0 Å². The predicted octanol–water partition coefficient (Wildman–Crippen LogP) is 1.71. The molecule has 164 valence electrons. The minimum absolute atomic E-state index is 0.0177. The zero-order valence-corrected chi connectivity index (χ0v) is 19.5. The first-order chi connectivity index (χ1) is 14.9. The average Bonchev–Trinajstić information content (AvgIpc) is 3.39. The van der Waals surface area contributed by atoms with Gasteiger partial charge < -0.3 is 24.8 Å². The Balaban J connectivity index is 1.54. The summed E-state index contributed by atoms with van der Waals surface area (Å²) in [7, 11) is 0. The van der Waals surface area contributed by atoms with Crippen LogP contribution in [0.15, 0.2) is 34.1 Å². The van der Waals surface area contributed by atoms with Crippen LogP contribution >= 0.6 is 38.9 Å². The topological polar surface area (TPSA) is 102 Å². The number of hydrogen-bond acceptors (Lipinski definition) is 5. The number of hydrogen-bond donors (Lipinski definition) is 3. The molecule has 0 saturated carbocycles. The lowest BCUT2D eigenvalue weighted by Crippen LogP contribution is -2.91. The van der Waals surface area contributed by atoms with Crippen LogP contribution in [0.3, 0.4) is 0 Å². The zero-order valence-electron chi connectivity index (χ0n) is 16.3. The molecule has 0 spiro atoms. The van der Waals surface area contributed by atoms with Crippen LogP contribution in [0.4, 0.5) is 11.4 Å². The lowest BCUT2D eigenvalue weighted by atomic mass is 9.98. The Hall–Kier alpha value is -1.98. The predicted molar refractivity (Wildman–Crippen MR) is 121 cm³/mol. The summed E-state index contributed by atoms with van der Waals surface area (Å²) in [4.78, 5) is 30.3. The minimum Gasteiger partial charge on any atom is -0.459 e. The number of nitrogens with one attached hydrogen (secondary N) is 2. The molecule has 31 heavy (non-hydrogen) atoms. The first-order valence-electron chi connectivity index (χ1n) is 9.55. The molecule has 0 radical (unpaired) electrons. The monoisotopic (exact) mass is 528 g/mol. The van der Waals surface area contributed by atoms with Gasteiger partial charge in [-0.2, -0.15) is 4.99 Å². The van der Waals surface area contributed by atoms with Crippen LogP contribution in [0.2, 0.25) is 5.02 Å². The van der Waals surface area contributed by atoms with E-state index in [9.17, 15) is 14.7 Å². The highest BCUT2D eigenvalue weighted by molar-refractivity contribution is 9.11. The standard InChI is InChI=1S/C20H19BrClN3O5S/c21-16-4-3-15(31-16)18(27)24-20(5-7-30-11-20)19(28)23-12-1-2-14(13(22)9-12)25-6-8-29-10-17(25)26/h1-4,9H,5-8,10-11H2,(H,23,28)(H,24,27)/p+1. The molecule has 1 unspecified atom stereocenters. The number of carbonyl (C=O) groups excluding carboxylic acids is 2. The minimum atomic E-state index is -1.12. The van der Waals surface area contributed by atoms with E-state index < -0.39 is 5.54 Å². The van der Waals surface area contributed by atoms with Gasteiger partial charge in [-0.05, 0) is 46.3 Å². The Morgan fingerprint density at radius 1 is 1.29 bits per heavy atom. The molecule has 3 N–H and O–H groups in total. The van der Waals surface area contributed by atoms with Crippen molar-refractivity contribution in [1.29, 1.82) is 0 Å². The number of benzene rings is 1. The smallest absolute Gasteiger partial charge is 0.377 e. The zero-order chi connectivity index (χ0) is 22.0. The number of ether oxygens (including phenoxy) is 2. The molecule has 0 bridgehead atoms. The summed E-state index contributed by atoms with van der Waals surface area (Å²) in [6, 6.07) is 8.55. The number of aliphatic hydroxyl groups excluding tert-OH is 1. The van der Waals surface area contributed by atoms with Gasteiger partial charge in [-0.15, -0.1) is 11.3 Å². The number of nitrogens with zero attached hydrogens (tertiary/aromatic N) is 1. The quantitative estimate of drug-likeness (QED) is 0.404. The van der Waals surface area contributed by atoms with Gasteiger partial charge in [0.05, 0.1) is 27.7 Å². The van der Waals surface area contributed by atoms with Crippen LogP contribution in [0.1, 0.15) is 11.3 Å². The number of aliphatic hydroxyl groups is 1. The molecule has 11 heteroatoms. The Bertz CT molecular complexity index is 1040.